The number of hydrogen-bond acceptors (Lipinski definition) is 4. The van der Waals surface area contributed by atoms with Gasteiger partial charge < -0.3 is 14.6 Å². The molecule has 1 aliphatic heterocycles. The van der Waals surface area contributed by atoms with Crippen LogP contribution in [0.2, 0.25) is 5.02 Å². The molecule has 2 aromatic carbocycles. The van der Waals surface area contributed by atoms with Crippen molar-refractivity contribution in [2.45, 2.75) is 26.4 Å². The van der Waals surface area contributed by atoms with Gasteiger partial charge in [-0.05, 0) is 36.8 Å². The number of nitrogens with zero attached hydrogens (tertiary/aromatic N) is 2. The van der Waals surface area contributed by atoms with Crippen molar-refractivity contribution in [1.82, 2.24) is 10.4 Å². The first-order chi connectivity index (χ1) is 13.8. The zero-order valence-electron chi connectivity index (χ0n) is 15.8. The van der Waals surface area contributed by atoms with Crippen LogP contribution < -0.4 is 10.4 Å². The molecule has 0 saturated heterocycles. The van der Waals surface area contributed by atoms with Gasteiger partial charge in [0.05, 0.1) is 10.6 Å². The van der Waals surface area contributed by atoms with Crippen molar-refractivity contribution in [3.8, 4) is 0 Å². The van der Waals surface area contributed by atoms with Gasteiger partial charge in [0.1, 0.15) is 0 Å². The summed E-state index contributed by atoms with van der Waals surface area (Å²) in [6.45, 7) is 3.52. The van der Waals surface area contributed by atoms with E-state index in [1.165, 1.54) is 11.8 Å². The molecule has 0 fully saturated rings. The summed E-state index contributed by atoms with van der Waals surface area (Å²) in [6.07, 6.45) is 0. The molecule has 1 heterocycles. The maximum Gasteiger partial charge on any atom is 0.351 e. The van der Waals surface area contributed by atoms with Gasteiger partial charge in [-0.1, -0.05) is 45.7 Å². The quantitative estimate of drug-likeness (QED) is 0.622. The predicted octanol–water partition coefficient (Wildman–Crippen LogP) is 4.14. The number of nitrogens with one attached hydrogen (secondary N) is 1. The fourth-order valence-electron chi connectivity index (χ4n) is 3.16. The van der Waals surface area contributed by atoms with Gasteiger partial charge in [-0.2, -0.15) is 5.48 Å². The Hall–Kier alpha value is -2.58. The molecule has 1 N–H and O–H groups in total. The van der Waals surface area contributed by atoms with Gasteiger partial charge in [-0.3, -0.25) is 9.59 Å². The molecule has 0 spiro atoms. The van der Waals surface area contributed by atoms with Gasteiger partial charge in [0.15, 0.2) is 0 Å². The van der Waals surface area contributed by atoms with E-state index in [9.17, 15) is 14.4 Å². The fraction of sp³-hybridized carbons (Fsp3) is 0.250. The Morgan fingerprint density at radius 3 is 2.62 bits per heavy atom. The highest BCUT2D eigenvalue weighted by molar-refractivity contribution is 9.10. The van der Waals surface area contributed by atoms with Gasteiger partial charge >= 0.3 is 12.0 Å². The second kappa shape index (κ2) is 8.84. The molecule has 9 heteroatoms. The Balaban J connectivity index is 1.95. The molecule has 1 aliphatic rings. The molecule has 29 heavy (non-hydrogen) atoms. The zero-order valence-corrected chi connectivity index (χ0v) is 18.2. The molecule has 3 rings (SSSR count). The third-order valence-electron chi connectivity index (χ3n) is 4.55. The van der Waals surface area contributed by atoms with E-state index in [0.717, 1.165) is 10.0 Å². The molecule has 1 atom stereocenters. The first-order valence-electron chi connectivity index (χ1n) is 8.86. The highest BCUT2D eigenvalue weighted by Gasteiger charge is 2.32. The maximum absolute atomic E-state index is 13.3. The number of fused-ring (bicyclic) bond motifs is 1. The number of carbonyl (C=O) groups is 3. The van der Waals surface area contributed by atoms with Crippen LogP contribution in [0.15, 0.2) is 46.9 Å². The van der Waals surface area contributed by atoms with Crippen LogP contribution in [0.3, 0.4) is 0 Å². The number of halogens is 2. The minimum atomic E-state index is -0.622. The van der Waals surface area contributed by atoms with Crippen molar-refractivity contribution < 1.29 is 19.2 Å². The average molecular weight is 481 g/mol. The van der Waals surface area contributed by atoms with Crippen LogP contribution >= 0.6 is 27.5 Å². The van der Waals surface area contributed by atoms with Crippen molar-refractivity contribution in [3.63, 3.8) is 0 Å². The monoisotopic (exact) mass is 479 g/mol. The van der Waals surface area contributed by atoms with Crippen molar-refractivity contribution in [2.24, 2.45) is 0 Å². The van der Waals surface area contributed by atoms with Crippen molar-refractivity contribution >= 4 is 51.1 Å². The fourth-order valence-corrected chi connectivity index (χ4v) is 3.91. The molecular formula is C20H19BrClN3O4. The number of anilines is 1. The van der Waals surface area contributed by atoms with Crippen LogP contribution in [0.4, 0.5) is 10.5 Å². The van der Waals surface area contributed by atoms with Crippen molar-refractivity contribution in [3.05, 3.63) is 63.1 Å². The SMILES string of the molecule is CC(=O)ONC(=O)N1Cc2ccccc2N(C(=O)c2ccc(Br)cc2Cl)C[C@H]1C. The third-order valence-corrected chi connectivity index (χ3v) is 5.36. The van der Waals surface area contributed by atoms with E-state index in [0.29, 0.717) is 16.3 Å². The normalized spacial score (nSPS) is 15.9. The number of para-hydroxylation sites is 1. The lowest BCUT2D eigenvalue weighted by molar-refractivity contribution is -0.146. The lowest BCUT2D eigenvalue weighted by atomic mass is 10.1. The van der Waals surface area contributed by atoms with E-state index in [4.69, 9.17) is 11.6 Å². The van der Waals surface area contributed by atoms with E-state index in [1.807, 2.05) is 31.2 Å². The second-order valence-corrected chi connectivity index (χ2v) is 7.97. The predicted molar refractivity (Wildman–Crippen MR) is 113 cm³/mol. The largest absolute Gasteiger partial charge is 0.351 e. The van der Waals surface area contributed by atoms with E-state index in [2.05, 4.69) is 26.2 Å². The molecule has 0 unspecified atom stereocenters. The summed E-state index contributed by atoms with van der Waals surface area (Å²) in [6, 6.07) is 11.5. The average Bonchev–Trinajstić information content (AvgIpc) is 2.82. The molecule has 7 nitrogen and oxygen atoms in total. The van der Waals surface area contributed by atoms with Crippen LogP contribution in [0.5, 0.6) is 0 Å². The lowest BCUT2D eigenvalue weighted by Gasteiger charge is -2.29. The lowest BCUT2D eigenvalue weighted by Crippen LogP contribution is -2.48. The highest BCUT2D eigenvalue weighted by atomic mass is 79.9. The first-order valence-corrected chi connectivity index (χ1v) is 10.0. The summed E-state index contributed by atoms with van der Waals surface area (Å²) in [5.74, 6) is -0.882. The Morgan fingerprint density at radius 2 is 1.93 bits per heavy atom. The highest BCUT2D eigenvalue weighted by Crippen LogP contribution is 2.30. The van der Waals surface area contributed by atoms with Crippen LogP contribution in [0.25, 0.3) is 0 Å². The Kier molecular flexibility index (Phi) is 6.44. The molecule has 0 radical (unpaired) electrons. The Labute approximate surface area is 181 Å². The number of rotatable bonds is 1. The Morgan fingerprint density at radius 1 is 1.21 bits per heavy atom. The number of amides is 3. The summed E-state index contributed by atoms with van der Waals surface area (Å²) >= 11 is 9.64. The molecule has 0 saturated carbocycles. The summed E-state index contributed by atoms with van der Waals surface area (Å²) in [4.78, 5) is 44.6. The third kappa shape index (κ3) is 4.71. The second-order valence-electron chi connectivity index (χ2n) is 6.65. The minimum absolute atomic E-state index is 0.246. The van der Waals surface area contributed by atoms with E-state index in [1.54, 1.807) is 23.1 Å². The molecular weight excluding hydrogens is 462 g/mol. The van der Waals surface area contributed by atoms with Gasteiger partial charge in [0.2, 0.25) is 0 Å². The van der Waals surface area contributed by atoms with Crippen molar-refractivity contribution in [2.75, 3.05) is 11.4 Å². The summed E-state index contributed by atoms with van der Waals surface area (Å²) in [7, 11) is 0. The molecule has 0 aromatic heterocycles. The van der Waals surface area contributed by atoms with Crippen LogP contribution in [-0.4, -0.2) is 35.4 Å². The number of urea groups is 1. The van der Waals surface area contributed by atoms with Gasteiger partial charge in [0, 0.05) is 36.2 Å². The van der Waals surface area contributed by atoms with E-state index >= 15 is 0 Å². The smallest absolute Gasteiger partial charge is 0.340 e. The minimum Gasteiger partial charge on any atom is -0.340 e. The number of hydroxylamine groups is 1. The molecule has 0 aliphatic carbocycles. The van der Waals surface area contributed by atoms with Gasteiger partial charge in [-0.15, -0.1) is 0 Å². The molecule has 3 amide bonds. The van der Waals surface area contributed by atoms with Gasteiger partial charge in [0.25, 0.3) is 5.91 Å². The number of benzene rings is 2. The topological polar surface area (TPSA) is 79.0 Å². The molecule has 0 bridgehead atoms. The van der Waals surface area contributed by atoms with Crippen LogP contribution in [0.1, 0.15) is 29.8 Å². The zero-order chi connectivity index (χ0) is 21.1. The summed E-state index contributed by atoms with van der Waals surface area (Å²) in [5.41, 5.74) is 4.00. The molecule has 152 valence electrons. The first kappa shape index (κ1) is 21.1. The Bertz CT molecular complexity index is 968. The standard InChI is InChI=1S/C20H19BrClN3O4/c1-12-10-25(19(27)16-8-7-15(21)9-17(16)22)18-6-4-3-5-14(18)11-24(12)20(28)23-29-13(2)26/h3-9,12H,10-11H2,1-2H3,(H,23,28)/t12-/m1/s1. The van der Waals surface area contributed by atoms with E-state index < -0.39 is 12.0 Å². The summed E-state index contributed by atoms with van der Waals surface area (Å²) < 4.78 is 0.775. The summed E-state index contributed by atoms with van der Waals surface area (Å²) in [5, 5.41) is 0.336. The number of carbonyl (C=O) groups excluding carboxylic acids is 3. The van der Waals surface area contributed by atoms with Crippen LogP contribution in [0, 0.1) is 0 Å². The maximum atomic E-state index is 13.3. The van der Waals surface area contributed by atoms with Gasteiger partial charge in [-0.25, -0.2) is 4.79 Å². The van der Waals surface area contributed by atoms with E-state index in [-0.39, 0.29) is 25.0 Å². The van der Waals surface area contributed by atoms with Crippen LogP contribution in [-0.2, 0) is 16.2 Å². The molecule has 2 aromatic rings. The number of hydrogen-bond donors (Lipinski definition) is 1. The van der Waals surface area contributed by atoms with Crippen molar-refractivity contribution in [1.29, 1.82) is 0 Å².